The Morgan fingerprint density at radius 3 is 2.61 bits per heavy atom. The first-order valence-electron chi connectivity index (χ1n) is 10.9. The fourth-order valence-electron chi connectivity index (χ4n) is 5.32. The number of hydrogen-bond acceptors (Lipinski definition) is 5. The van der Waals surface area contributed by atoms with Gasteiger partial charge in [0.2, 0.25) is 0 Å². The first kappa shape index (κ1) is 20.3. The molecule has 2 fully saturated rings. The van der Waals surface area contributed by atoms with Crippen LogP contribution in [0.15, 0.2) is 72.1 Å². The second kappa shape index (κ2) is 8.85. The number of ether oxygens (including phenoxy) is 2. The maximum Gasteiger partial charge on any atom is 0.348 e. The molecule has 160 valence electrons. The number of thiophene rings is 1. The third-order valence-corrected chi connectivity index (χ3v) is 7.55. The van der Waals surface area contributed by atoms with Crippen molar-refractivity contribution in [1.29, 1.82) is 0 Å². The zero-order valence-electron chi connectivity index (χ0n) is 17.6. The van der Waals surface area contributed by atoms with Crippen molar-refractivity contribution < 1.29 is 14.3 Å². The van der Waals surface area contributed by atoms with Crippen molar-refractivity contribution in [2.75, 3.05) is 7.11 Å². The Labute approximate surface area is 187 Å². The molecular formula is C26H27NO3S. The SMILES string of the molecule is COc1ccccc1[C@H]1C[C@H]2CC[C@@H]([C@@H]1OC(=O)c1cccs1)N2Cc1ccccc1. The highest BCUT2D eigenvalue weighted by Gasteiger charge is 2.50. The van der Waals surface area contributed by atoms with Crippen molar-refractivity contribution in [3.05, 3.63) is 88.1 Å². The lowest BCUT2D eigenvalue weighted by molar-refractivity contribution is -0.0342. The molecule has 0 aliphatic carbocycles. The van der Waals surface area contributed by atoms with E-state index in [1.54, 1.807) is 7.11 Å². The molecule has 4 atom stereocenters. The highest BCUT2D eigenvalue weighted by atomic mass is 32.1. The Balaban J connectivity index is 1.48. The lowest BCUT2D eigenvalue weighted by atomic mass is 9.81. The van der Waals surface area contributed by atoms with Crippen molar-refractivity contribution in [3.8, 4) is 5.75 Å². The molecule has 5 rings (SSSR count). The van der Waals surface area contributed by atoms with E-state index in [0.717, 1.165) is 37.1 Å². The number of piperidine rings is 1. The maximum absolute atomic E-state index is 13.0. The number of nitrogens with zero attached hydrogens (tertiary/aromatic N) is 1. The molecule has 3 aromatic rings. The quantitative estimate of drug-likeness (QED) is 0.481. The number of benzene rings is 2. The fourth-order valence-corrected chi connectivity index (χ4v) is 5.93. The van der Waals surface area contributed by atoms with Gasteiger partial charge in [0.1, 0.15) is 16.7 Å². The van der Waals surface area contributed by atoms with E-state index in [-0.39, 0.29) is 24.0 Å². The van der Waals surface area contributed by atoms with Crippen LogP contribution in [0.3, 0.4) is 0 Å². The van der Waals surface area contributed by atoms with Crippen LogP contribution in [0.4, 0.5) is 0 Å². The third-order valence-electron chi connectivity index (χ3n) is 6.70. The van der Waals surface area contributed by atoms with Crippen LogP contribution in [0.1, 0.15) is 46.0 Å². The number of esters is 1. The Kier molecular flexibility index (Phi) is 5.79. The first-order valence-corrected chi connectivity index (χ1v) is 11.8. The third kappa shape index (κ3) is 4.00. The predicted octanol–water partition coefficient (Wildman–Crippen LogP) is 5.50. The van der Waals surface area contributed by atoms with Gasteiger partial charge in [-0.25, -0.2) is 4.79 Å². The molecule has 2 saturated heterocycles. The number of carbonyl (C=O) groups is 1. The second-order valence-electron chi connectivity index (χ2n) is 8.39. The Bertz CT molecular complexity index is 1020. The summed E-state index contributed by atoms with van der Waals surface area (Å²) in [6.45, 7) is 0.891. The van der Waals surface area contributed by atoms with Gasteiger partial charge in [-0.1, -0.05) is 54.6 Å². The molecule has 0 spiro atoms. The standard InChI is InChI=1S/C26H27NO3S/c1-29-23-11-6-5-10-20(23)21-16-19-13-14-22(27(19)17-18-8-3-2-4-9-18)25(21)30-26(28)24-12-7-15-31-24/h2-12,15,19,21-22,25H,13-14,16-17H2,1H3/t19-,21-,22+,25-/m1/s1. The van der Waals surface area contributed by atoms with Crippen LogP contribution >= 0.6 is 11.3 Å². The lowest BCUT2D eigenvalue weighted by Gasteiger charge is -2.44. The molecule has 1 aromatic heterocycles. The fraction of sp³-hybridized carbons (Fsp3) is 0.346. The molecule has 3 heterocycles. The summed E-state index contributed by atoms with van der Waals surface area (Å²) >= 11 is 1.43. The van der Waals surface area contributed by atoms with E-state index >= 15 is 0 Å². The molecule has 0 amide bonds. The summed E-state index contributed by atoms with van der Waals surface area (Å²) in [5, 5.41) is 1.92. The molecule has 31 heavy (non-hydrogen) atoms. The van der Waals surface area contributed by atoms with Crippen LogP contribution in [0.25, 0.3) is 0 Å². The smallest absolute Gasteiger partial charge is 0.348 e. The average molecular weight is 434 g/mol. The highest BCUT2D eigenvalue weighted by molar-refractivity contribution is 7.11. The molecule has 2 bridgehead atoms. The highest BCUT2D eigenvalue weighted by Crippen LogP contribution is 2.47. The molecular weight excluding hydrogens is 406 g/mol. The largest absolute Gasteiger partial charge is 0.496 e. The molecule has 0 radical (unpaired) electrons. The number of methoxy groups -OCH3 is 1. The van der Waals surface area contributed by atoms with Gasteiger partial charge in [0.05, 0.1) is 7.11 Å². The van der Waals surface area contributed by atoms with E-state index < -0.39 is 0 Å². The van der Waals surface area contributed by atoms with Crippen molar-refractivity contribution in [2.24, 2.45) is 0 Å². The van der Waals surface area contributed by atoms with Gasteiger partial charge in [0, 0.05) is 30.1 Å². The van der Waals surface area contributed by atoms with Gasteiger partial charge in [-0.15, -0.1) is 11.3 Å². The molecule has 2 aliphatic heterocycles. The summed E-state index contributed by atoms with van der Waals surface area (Å²) in [6.07, 6.45) is 2.95. The minimum atomic E-state index is -0.218. The van der Waals surface area contributed by atoms with E-state index in [0.29, 0.717) is 10.9 Å². The Hall–Kier alpha value is -2.63. The molecule has 0 unspecified atom stereocenters. The van der Waals surface area contributed by atoms with Gasteiger partial charge >= 0.3 is 5.97 Å². The number of carbonyl (C=O) groups excluding carboxylic acids is 1. The minimum Gasteiger partial charge on any atom is -0.496 e. The summed E-state index contributed by atoms with van der Waals surface area (Å²) < 4.78 is 12.0. The number of rotatable bonds is 6. The maximum atomic E-state index is 13.0. The average Bonchev–Trinajstić information content (AvgIpc) is 3.44. The first-order chi connectivity index (χ1) is 15.2. The molecule has 2 aromatic carbocycles. The van der Waals surface area contributed by atoms with Gasteiger partial charge in [0.25, 0.3) is 0 Å². The predicted molar refractivity (Wildman–Crippen MR) is 123 cm³/mol. The Morgan fingerprint density at radius 2 is 1.84 bits per heavy atom. The molecule has 4 nitrogen and oxygen atoms in total. The van der Waals surface area contributed by atoms with Crippen LogP contribution in [0.5, 0.6) is 5.75 Å². The molecule has 2 aliphatic rings. The van der Waals surface area contributed by atoms with Crippen molar-refractivity contribution in [2.45, 2.75) is 49.9 Å². The van der Waals surface area contributed by atoms with Gasteiger partial charge in [-0.3, -0.25) is 4.90 Å². The zero-order chi connectivity index (χ0) is 21.2. The van der Waals surface area contributed by atoms with Gasteiger partial charge in [0.15, 0.2) is 0 Å². The number of fused-ring (bicyclic) bond motifs is 2. The van der Waals surface area contributed by atoms with Gasteiger partial charge in [-0.2, -0.15) is 0 Å². The van der Waals surface area contributed by atoms with Crippen LogP contribution in [0.2, 0.25) is 0 Å². The topological polar surface area (TPSA) is 38.8 Å². The normalized spacial score (nSPS) is 25.3. The van der Waals surface area contributed by atoms with Crippen LogP contribution in [0, 0.1) is 0 Å². The van der Waals surface area contributed by atoms with Crippen LogP contribution in [-0.4, -0.2) is 36.2 Å². The van der Waals surface area contributed by atoms with Gasteiger partial charge in [-0.05, 0) is 42.3 Å². The monoisotopic (exact) mass is 433 g/mol. The number of hydrogen-bond donors (Lipinski definition) is 0. The molecule has 0 saturated carbocycles. The van der Waals surface area contributed by atoms with Crippen LogP contribution < -0.4 is 4.74 Å². The van der Waals surface area contributed by atoms with Gasteiger partial charge < -0.3 is 9.47 Å². The Morgan fingerprint density at radius 1 is 1.03 bits per heavy atom. The lowest BCUT2D eigenvalue weighted by Crippen LogP contribution is -2.52. The summed E-state index contributed by atoms with van der Waals surface area (Å²) in [5.74, 6) is 0.787. The summed E-state index contributed by atoms with van der Waals surface area (Å²) in [7, 11) is 1.71. The summed E-state index contributed by atoms with van der Waals surface area (Å²) in [4.78, 5) is 16.2. The zero-order valence-corrected chi connectivity index (χ0v) is 18.5. The summed E-state index contributed by atoms with van der Waals surface area (Å²) in [5.41, 5.74) is 2.45. The second-order valence-corrected chi connectivity index (χ2v) is 9.34. The van der Waals surface area contributed by atoms with E-state index in [1.165, 1.54) is 16.9 Å². The van der Waals surface area contributed by atoms with E-state index in [2.05, 4.69) is 41.3 Å². The molecule has 0 N–H and O–H groups in total. The number of para-hydroxylation sites is 1. The van der Waals surface area contributed by atoms with E-state index in [1.807, 2.05) is 35.7 Å². The van der Waals surface area contributed by atoms with E-state index in [4.69, 9.17) is 9.47 Å². The molecule has 5 heteroatoms. The summed E-state index contributed by atoms with van der Waals surface area (Å²) in [6, 6.07) is 23.2. The van der Waals surface area contributed by atoms with Crippen LogP contribution in [-0.2, 0) is 11.3 Å². The van der Waals surface area contributed by atoms with Crippen molar-refractivity contribution in [1.82, 2.24) is 4.90 Å². The van der Waals surface area contributed by atoms with E-state index in [9.17, 15) is 4.79 Å². The van der Waals surface area contributed by atoms with Crippen molar-refractivity contribution in [3.63, 3.8) is 0 Å². The van der Waals surface area contributed by atoms with Crippen molar-refractivity contribution >= 4 is 17.3 Å². The minimum absolute atomic E-state index is 0.129.